The third-order valence-corrected chi connectivity index (χ3v) is 12.7. The van der Waals surface area contributed by atoms with Gasteiger partial charge in [0.25, 0.3) is 0 Å². The minimum atomic E-state index is -2.10. The second-order valence-corrected chi connectivity index (χ2v) is 16.7. The predicted octanol–water partition coefficient (Wildman–Crippen LogP) is 6.70. The minimum absolute atomic E-state index is 0.0110. The molecule has 5 nitrogen and oxygen atoms in total. The molecule has 1 heterocycles. The van der Waals surface area contributed by atoms with Crippen LogP contribution in [-0.2, 0) is 33.3 Å². The zero-order valence-corrected chi connectivity index (χ0v) is 25.0. The van der Waals surface area contributed by atoms with E-state index in [-0.39, 0.29) is 51.6 Å². The normalized spacial score (nSPS) is 17.9. The molecule has 0 bridgehead atoms. The Balaban J connectivity index is 2.02. The number of carbonyl (C=O) groups is 2. The molecule has 37 heavy (non-hydrogen) atoms. The summed E-state index contributed by atoms with van der Waals surface area (Å²) in [6.45, 7) is 14.9. The average Bonchev–Trinajstić information content (AvgIpc) is 2.80. The van der Waals surface area contributed by atoms with Gasteiger partial charge >= 0.3 is 0 Å². The fourth-order valence-corrected chi connectivity index (χ4v) is 6.00. The number of halogens is 2. The van der Waals surface area contributed by atoms with Crippen LogP contribution in [0.4, 0.5) is 4.39 Å². The molecule has 0 aliphatic carbocycles. The van der Waals surface area contributed by atoms with Crippen LogP contribution in [0.2, 0.25) is 23.2 Å². The van der Waals surface area contributed by atoms with E-state index >= 15 is 4.39 Å². The molecule has 0 fully saturated rings. The van der Waals surface area contributed by atoms with Gasteiger partial charge in [0.15, 0.2) is 19.9 Å². The highest BCUT2D eigenvalue weighted by molar-refractivity contribution is 6.74. The first-order chi connectivity index (χ1) is 17.2. The number of ether oxygens (including phenoxy) is 1. The lowest BCUT2D eigenvalue weighted by Gasteiger charge is -2.45. The van der Waals surface area contributed by atoms with Gasteiger partial charge in [0, 0.05) is 17.0 Å². The smallest absolute Gasteiger partial charge is 0.228 e. The van der Waals surface area contributed by atoms with Crippen LogP contribution in [0.5, 0.6) is 5.75 Å². The number of Topliss-reactive ketones (excluding diaryl/α,β-unsaturated/α-hetero) is 1. The Kier molecular flexibility index (Phi) is 8.92. The molecule has 0 saturated carbocycles. The first kappa shape index (κ1) is 29.3. The van der Waals surface area contributed by atoms with Gasteiger partial charge in [-0.1, -0.05) is 50.6 Å². The van der Waals surface area contributed by atoms with Crippen molar-refractivity contribution in [3.8, 4) is 5.75 Å². The van der Waals surface area contributed by atoms with Crippen molar-refractivity contribution in [3.63, 3.8) is 0 Å². The molecule has 0 saturated heterocycles. The van der Waals surface area contributed by atoms with Crippen LogP contribution in [0, 0.1) is 5.82 Å². The highest BCUT2D eigenvalue weighted by Crippen LogP contribution is 2.40. The number of rotatable bonds is 8. The van der Waals surface area contributed by atoms with E-state index in [2.05, 4.69) is 33.9 Å². The van der Waals surface area contributed by atoms with Crippen molar-refractivity contribution in [2.75, 3.05) is 13.7 Å². The van der Waals surface area contributed by atoms with Gasteiger partial charge in [0.1, 0.15) is 5.78 Å². The SMILES string of the molecule is COc1ccc(Cl)c(CC(=O)N2[C@@H](CO[Si](C)(C)C(C)(C)C)Cc3c(CC(C)=O)cccc3[C@@H]2C)c1F. The van der Waals surface area contributed by atoms with E-state index in [0.717, 1.165) is 16.7 Å². The van der Waals surface area contributed by atoms with Crippen LogP contribution in [-0.4, -0.2) is 44.7 Å². The fourth-order valence-electron chi connectivity index (χ4n) is 4.75. The molecule has 0 unspecified atom stereocenters. The number of hydrogen-bond donors (Lipinski definition) is 0. The molecular weight excluding hydrogens is 509 g/mol. The Labute approximate surface area is 226 Å². The maximum absolute atomic E-state index is 15.1. The highest BCUT2D eigenvalue weighted by atomic mass is 35.5. The monoisotopic (exact) mass is 547 g/mol. The number of fused-ring (bicyclic) bond motifs is 1. The Bertz CT molecular complexity index is 1180. The van der Waals surface area contributed by atoms with Crippen molar-refractivity contribution in [2.24, 2.45) is 0 Å². The Morgan fingerprint density at radius 1 is 1.16 bits per heavy atom. The van der Waals surface area contributed by atoms with E-state index in [1.807, 2.05) is 30.0 Å². The van der Waals surface area contributed by atoms with Crippen molar-refractivity contribution in [1.82, 2.24) is 4.90 Å². The molecule has 2 aromatic rings. The van der Waals surface area contributed by atoms with Crippen LogP contribution in [0.3, 0.4) is 0 Å². The predicted molar refractivity (Wildman–Crippen MR) is 148 cm³/mol. The molecule has 0 aromatic heterocycles. The van der Waals surface area contributed by atoms with E-state index in [4.69, 9.17) is 20.8 Å². The molecule has 0 N–H and O–H groups in total. The van der Waals surface area contributed by atoms with Crippen molar-refractivity contribution in [2.45, 2.75) is 84.1 Å². The number of carbonyl (C=O) groups excluding carboxylic acids is 2. The molecule has 0 spiro atoms. The van der Waals surface area contributed by atoms with Crippen molar-refractivity contribution in [1.29, 1.82) is 0 Å². The largest absolute Gasteiger partial charge is 0.494 e. The van der Waals surface area contributed by atoms with Gasteiger partial charge in [-0.25, -0.2) is 4.39 Å². The number of methoxy groups -OCH3 is 1. The number of hydrogen-bond acceptors (Lipinski definition) is 4. The minimum Gasteiger partial charge on any atom is -0.494 e. The molecule has 1 aliphatic rings. The summed E-state index contributed by atoms with van der Waals surface area (Å²) in [7, 11) is -0.717. The molecule has 2 aromatic carbocycles. The van der Waals surface area contributed by atoms with Crippen molar-refractivity contribution < 1.29 is 23.1 Å². The summed E-state index contributed by atoms with van der Waals surface area (Å²) >= 11 is 6.32. The van der Waals surface area contributed by atoms with Gasteiger partial charge in [-0.05, 0) is 67.2 Å². The standard InChI is InChI=1S/C29H39ClFNO4Si/c1-18(33)14-20-10-9-11-22-19(2)32(21(15-23(20)22)17-36-37(7,8)29(3,4)5)27(34)16-24-25(30)12-13-26(35-6)28(24)31/h9-13,19,21H,14-17H2,1-8H3/t19-,21+/m0/s1. The highest BCUT2D eigenvalue weighted by Gasteiger charge is 2.41. The van der Waals surface area contributed by atoms with Gasteiger partial charge < -0.3 is 14.1 Å². The quantitative estimate of drug-likeness (QED) is 0.345. The van der Waals surface area contributed by atoms with Crippen LogP contribution >= 0.6 is 11.6 Å². The lowest BCUT2D eigenvalue weighted by atomic mass is 9.84. The molecule has 202 valence electrons. The average molecular weight is 548 g/mol. The summed E-state index contributed by atoms with van der Waals surface area (Å²) in [6, 6.07) is 8.40. The summed E-state index contributed by atoms with van der Waals surface area (Å²) < 4.78 is 26.8. The first-order valence-electron chi connectivity index (χ1n) is 12.7. The summed E-state index contributed by atoms with van der Waals surface area (Å²) in [5.41, 5.74) is 3.22. The third kappa shape index (κ3) is 6.27. The molecule has 1 aliphatic heterocycles. The van der Waals surface area contributed by atoms with E-state index in [0.29, 0.717) is 19.4 Å². The third-order valence-electron chi connectivity index (χ3n) is 7.88. The van der Waals surface area contributed by atoms with Crippen molar-refractivity contribution >= 4 is 31.6 Å². The van der Waals surface area contributed by atoms with Crippen LogP contribution in [0.15, 0.2) is 30.3 Å². The Morgan fingerprint density at radius 3 is 2.43 bits per heavy atom. The van der Waals surface area contributed by atoms with Crippen LogP contribution < -0.4 is 4.74 Å². The molecule has 1 amide bonds. The van der Waals surface area contributed by atoms with Gasteiger partial charge in [0.2, 0.25) is 5.91 Å². The van der Waals surface area contributed by atoms with E-state index in [9.17, 15) is 9.59 Å². The summed E-state index contributed by atoms with van der Waals surface area (Å²) in [5.74, 6) is -0.702. The Morgan fingerprint density at radius 2 is 1.84 bits per heavy atom. The zero-order chi connectivity index (χ0) is 27.7. The second kappa shape index (κ2) is 11.3. The van der Waals surface area contributed by atoms with Gasteiger partial charge in [-0.3, -0.25) is 9.59 Å². The summed E-state index contributed by atoms with van der Waals surface area (Å²) in [6.07, 6.45) is 0.730. The van der Waals surface area contributed by atoms with Gasteiger partial charge in [0.05, 0.1) is 32.2 Å². The van der Waals surface area contributed by atoms with Gasteiger partial charge in [-0.2, -0.15) is 0 Å². The topological polar surface area (TPSA) is 55.8 Å². The summed E-state index contributed by atoms with van der Waals surface area (Å²) in [5, 5.41) is 0.200. The first-order valence-corrected chi connectivity index (χ1v) is 16.0. The van der Waals surface area contributed by atoms with Crippen molar-refractivity contribution in [3.05, 3.63) is 63.4 Å². The Hall–Kier alpha value is -2.22. The maximum Gasteiger partial charge on any atom is 0.228 e. The molecule has 2 atom stereocenters. The fraction of sp³-hybridized carbons (Fsp3) is 0.517. The number of nitrogens with zero attached hydrogens (tertiary/aromatic N) is 1. The number of benzene rings is 2. The second-order valence-electron chi connectivity index (χ2n) is 11.5. The van der Waals surface area contributed by atoms with E-state index in [1.54, 1.807) is 13.0 Å². The molecule has 3 rings (SSSR count). The summed E-state index contributed by atoms with van der Waals surface area (Å²) in [4.78, 5) is 27.6. The number of amides is 1. The van der Waals surface area contributed by atoms with Gasteiger partial charge in [-0.15, -0.1) is 0 Å². The maximum atomic E-state index is 15.1. The zero-order valence-electron chi connectivity index (χ0n) is 23.2. The molecular formula is C29H39ClFNO4Si. The molecule has 0 radical (unpaired) electrons. The lowest BCUT2D eigenvalue weighted by molar-refractivity contribution is -0.137. The lowest BCUT2D eigenvalue weighted by Crippen LogP contribution is -2.52. The molecule has 8 heteroatoms. The van der Waals surface area contributed by atoms with Crippen LogP contribution in [0.1, 0.15) is 62.9 Å². The van der Waals surface area contributed by atoms with Crippen LogP contribution in [0.25, 0.3) is 0 Å². The van der Waals surface area contributed by atoms with E-state index < -0.39 is 14.1 Å². The number of ketones is 1. The van der Waals surface area contributed by atoms with E-state index in [1.165, 1.54) is 13.2 Å².